The Bertz CT molecular complexity index is 625. The maximum absolute atomic E-state index is 12.1. The van der Waals surface area contributed by atoms with E-state index in [0.29, 0.717) is 22.7 Å². The first kappa shape index (κ1) is 13.7. The van der Waals surface area contributed by atoms with Crippen molar-refractivity contribution in [3.63, 3.8) is 0 Å². The number of hydrogen-bond donors (Lipinski definition) is 2. The Balaban J connectivity index is 2.22. The fraction of sp³-hybridized carbons (Fsp3) is 0.133. The first-order valence-electron chi connectivity index (χ1n) is 5.97. The van der Waals surface area contributed by atoms with Crippen LogP contribution in [0.1, 0.15) is 10.4 Å². The highest BCUT2D eigenvalue weighted by atomic mass is 16.5. The molecule has 2 rings (SSSR count). The van der Waals surface area contributed by atoms with Crippen LogP contribution in [0.15, 0.2) is 42.5 Å². The molecular formula is C15H15NO4. The number of phenols is 1. The highest BCUT2D eigenvalue weighted by Gasteiger charge is 2.11. The predicted octanol–water partition coefficient (Wildman–Crippen LogP) is 2.66. The Hall–Kier alpha value is -2.69. The molecule has 0 saturated heterocycles. The molecule has 5 nitrogen and oxygen atoms in total. The lowest BCUT2D eigenvalue weighted by Gasteiger charge is -2.10. The highest BCUT2D eigenvalue weighted by Crippen LogP contribution is 2.28. The Kier molecular flexibility index (Phi) is 4.10. The van der Waals surface area contributed by atoms with Gasteiger partial charge in [-0.05, 0) is 30.3 Å². The van der Waals surface area contributed by atoms with Crippen molar-refractivity contribution < 1.29 is 19.4 Å². The number of phenolic OH excluding ortho intramolecular Hbond substituents is 1. The van der Waals surface area contributed by atoms with Gasteiger partial charge in [0.15, 0.2) is 11.5 Å². The van der Waals surface area contributed by atoms with Crippen LogP contribution in [0.3, 0.4) is 0 Å². The number of rotatable bonds is 4. The van der Waals surface area contributed by atoms with Crippen molar-refractivity contribution in [3.8, 4) is 17.2 Å². The van der Waals surface area contributed by atoms with Crippen molar-refractivity contribution in [1.82, 2.24) is 0 Å². The van der Waals surface area contributed by atoms with Gasteiger partial charge in [-0.2, -0.15) is 0 Å². The number of amides is 1. The number of carbonyl (C=O) groups excluding carboxylic acids is 1. The number of ether oxygens (including phenoxy) is 2. The number of aromatic hydroxyl groups is 1. The third kappa shape index (κ3) is 2.83. The molecule has 0 aliphatic heterocycles. The number of para-hydroxylation sites is 2. The van der Waals surface area contributed by atoms with Gasteiger partial charge in [0.25, 0.3) is 5.91 Å². The van der Waals surface area contributed by atoms with Gasteiger partial charge >= 0.3 is 0 Å². The van der Waals surface area contributed by atoms with Crippen LogP contribution in [0.25, 0.3) is 0 Å². The molecule has 2 aromatic carbocycles. The zero-order valence-electron chi connectivity index (χ0n) is 11.2. The molecule has 0 aliphatic carbocycles. The predicted molar refractivity (Wildman–Crippen MR) is 75.6 cm³/mol. The van der Waals surface area contributed by atoms with Gasteiger partial charge in [0.05, 0.1) is 19.9 Å². The number of benzene rings is 2. The Morgan fingerprint density at radius 3 is 2.40 bits per heavy atom. The molecule has 1 amide bonds. The van der Waals surface area contributed by atoms with E-state index >= 15 is 0 Å². The minimum Gasteiger partial charge on any atom is -0.504 e. The smallest absolute Gasteiger partial charge is 0.255 e. The summed E-state index contributed by atoms with van der Waals surface area (Å²) in [5.41, 5.74) is 0.893. The second kappa shape index (κ2) is 5.97. The first-order chi connectivity index (χ1) is 9.65. The van der Waals surface area contributed by atoms with Crippen LogP contribution in [0.4, 0.5) is 5.69 Å². The maximum Gasteiger partial charge on any atom is 0.255 e. The highest BCUT2D eigenvalue weighted by molar-refractivity contribution is 6.05. The van der Waals surface area contributed by atoms with Gasteiger partial charge in [0, 0.05) is 5.56 Å². The van der Waals surface area contributed by atoms with Crippen LogP contribution in [0.2, 0.25) is 0 Å². The summed E-state index contributed by atoms with van der Waals surface area (Å²) < 4.78 is 10.1. The van der Waals surface area contributed by atoms with Gasteiger partial charge in [0.2, 0.25) is 0 Å². The zero-order valence-corrected chi connectivity index (χ0v) is 11.2. The standard InChI is InChI=1S/C15H15NO4/c1-19-13-6-4-3-5-11(13)16-15(18)10-7-8-14(20-2)12(17)9-10/h3-9,17H,1-2H3,(H,16,18). The summed E-state index contributed by atoms with van der Waals surface area (Å²) in [5.74, 6) is 0.463. The second-order valence-corrected chi connectivity index (χ2v) is 4.04. The van der Waals surface area contributed by atoms with Crippen LogP contribution >= 0.6 is 0 Å². The summed E-state index contributed by atoms with van der Waals surface area (Å²) in [7, 11) is 2.98. The van der Waals surface area contributed by atoms with Gasteiger partial charge in [-0.3, -0.25) is 4.79 Å². The molecule has 0 aromatic heterocycles. The third-order valence-electron chi connectivity index (χ3n) is 2.80. The van der Waals surface area contributed by atoms with E-state index in [9.17, 15) is 9.90 Å². The number of anilines is 1. The van der Waals surface area contributed by atoms with E-state index in [1.165, 1.54) is 26.4 Å². The fourth-order valence-electron chi connectivity index (χ4n) is 1.77. The van der Waals surface area contributed by atoms with Crippen LogP contribution in [0, 0.1) is 0 Å². The van der Waals surface area contributed by atoms with Gasteiger partial charge in [-0.25, -0.2) is 0 Å². The molecular weight excluding hydrogens is 258 g/mol. The third-order valence-corrected chi connectivity index (χ3v) is 2.80. The van der Waals surface area contributed by atoms with Gasteiger partial charge in [0.1, 0.15) is 5.75 Å². The van der Waals surface area contributed by atoms with E-state index in [2.05, 4.69) is 5.32 Å². The van der Waals surface area contributed by atoms with Gasteiger partial charge < -0.3 is 19.9 Å². The average Bonchev–Trinajstić information content (AvgIpc) is 2.47. The van der Waals surface area contributed by atoms with Crippen LogP contribution in [-0.2, 0) is 0 Å². The molecule has 2 N–H and O–H groups in total. The lowest BCUT2D eigenvalue weighted by Crippen LogP contribution is -2.12. The van der Waals surface area contributed by atoms with E-state index < -0.39 is 0 Å². The molecule has 104 valence electrons. The quantitative estimate of drug-likeness (QED) is 0.898. The number of hydrogen-bond acceptors (Lipinski definition) is 4. The molecule has 20 heavy (non-hydrogen) atoms. The molecule has 0 bridgehead atoms. The molecule has 0 saturated carbocycles. The average molecular weight is 273 g/mol. The normalized spacial score (nSPS) is 9.90. The SMILES string of the molecule is COc1ccc(C(=O)Nc2ccccc2OC)cc1O. The van der Waals surface area contributed by atoms with E-state index in [1.54, 1.807) is 24.3 Å². The summed E-state index contributed by atoms with van der Waals surface area (Å²) in [6.07, 6.45) is 0. The number of methoxy groups -OCH3 is 2. The van der Waals surface area contributed by atoms with Crippen LogP contribution in [0.5, 0.6) is 17.2 Å². The molecule has 2 aromatic rings. The van der Waals surface area contributed by atoms with E-state index in [4.69, 9.17) is 9.47 Å². The molecule has 0 radical (unpaired) electrons. The Morgan fingerprint density at radius 1 is 1.05 bits per heavy atom. The summed E-state index contributed by atoms with van der Waals surface area (Å²) in [5, 5.41) is 12.4. The summed E-state index contributed by atoms with van der Waals surface area (Å²) in [6, 6.07) is 11.6. The lowest BCUT2D eigenvalue weighted by molar-refractivity contribution is 0.102. The lowest BCUT2D eigenvalue weighted by atomic mass is 10.2. The largest absolute Gasteiger partial charge is 0.504 e. The van der Waals surface area contributed by atoms with Crippen molar-refractivity contribution in [2.45, 2.75) is 0 Å². The zero-order chi connectivity index (χ0) is 14.5. The van der Waals surface area contributed by atoms with Crippen LogP contribution in [-0.4, -0.2) is 25.2 Å². The maximum atomic E-state index is 12.1. The minimum absolute atomic E-state index is 0.0832. The van der Waals surface area contributed by atoms with Crippen molar-refractivity contribution >= 4 is 11.6 Å². The van der Waals surface area contributed by atoms with Crippen molar-refractivity contribution in [2.24, 2.45) is 0 Å². The van der Waals surface area contributed by atoms with Crippen molar-refractivity contribution in [3.05, 3.63) is 48.0 Å². The van der Waals surface area contributed by atoms with Crippen molar-refractivity contribution in [1.29, 1.82) is 0 Å². The molecule has 0 unspecified atom stereocenters. The second-order valence-electron chi connectivity index (χ2n) is 4.04. The van der Waals surface area contributed by atoms with E-state index in [0.717, 1.165) is 0 Å². The molecule has 0 atom stereocenters. The van der Waals surface area contributed by atoms with E-state index in [1.807, 2.05) is 6.07 Å². The van der Waals surface area contributed by atoms with E-state index in [-0.39, 0.29) is 11.7 Å². The number of nitrogens with one attached hydrogen (secondary N) is 1. The monoisotopic (exact) mass is 273 g/mol. The number of carbonyl (C=O) groups is 1. The van der Waals surface area contributed by atoms with Gasteiger partial charge in [-0.15, -0.1) is 0 Å². The molecule has 0 spiro atoms. The summed E-state index contributed by atoms with van der Waals surface area (Å²) >= 11 is 0. The van der Waals surface area contributed by atoms with Crippen LogP contribution < -0.4 is 14.8 Å². The topological polar surface area (TPSA) is 67.8 Å². The Morgan fingerprint density at radius 2 is 1.75 bits per heavy atom. The fourth-order valence-corrected chi connectivity index (χ4v) is 1.77. The molecule has 0 aliphatic rings. The molecule has 5 heteroatoms. The van der Waals surface area contributed by atoms with Gasteiger partial charge in [-0.1, -0.05) is 12.1 Å². The Labute approximate surface area is 116 Å². The summed E-state index contributed by atoms with van der Waals surface area (Å²) in [6.45, 7) is 0. The van der Waals surface area contributed by atoms with Crippen molar-refractivity contribution in [2.75, 3.05) is 19.5 Å². The summed E-state index contributed by atoms with van der Waals surface area (Å²) in [4.78, 5) is 12.1. The molecule has 0 heterocycles. The molecule has 0 fully saturated rings. The minimum atomic E-state index is -0.340. The first-order valence-corrected chi connectivity index (χ1v) is 5.97.